The number of halogens is 1. The molecule has 1 aliphatic carbocycles. The van der Waals surface area contributed by atoms with Gasteiger partial charge in [0.15, 0.2) is 0 Å². The van der Waals surface area contributed by atoms with Crippen molar-refractivity contribution < 1.29 is 14.4 Å². The van der Waals surface area contributed by atoms with Gasteiger partial charge in [-0.05, 0) is 49.3 Å². The molecule has 2 atom stereocenters. The second-order valence-electron chi connectivity index (χ2n) is 6.89. The van der Waals surface area contributed by atoms with E-state index in [9.17, 15) is 14.4 Å². The van der Waals surface area contributed by atoms with E-state index in [4.69, 9.17) is 11.6 Å². The number of benzene rings is 1. The molecular weight excluding hydrogens is 340 g/mol. The predicted octanol–water partition coefficient (Wildman–Crippen LogP) is 3.64. The lowest BCUT2D eigenvalue weighted by molar-refractivity contribution is -0.143. The third-order valence-corrected chi connectivity index (χ3v) is 5.51. The first-order valence-corrected chi connectivity index (χ1v) is 9.28. The molecule has 25 heavy (non-hydrogen) atoms. The van der Waals surface area contributed by atoms with Gasteiger partial charge in [-0.25, -0.2) is 4.79 Å². The highest BCUT2D eigenvalue weighted by atomic mass is 35.5. The standard InChI is InChI=1S/C19H23ClN2O3/c1-2-13-6-7-16(11-13)22-18(24)12-17(23)21(19(22)25)9-8-14-4-3-5-15(20)10-14/h3-5,10,13,16H,2,6-9,11-12H2,1H3. The Morgan fingerprint density at radius 2 is 1.96 bits per heavy atom. The van der Waals surface area contributed by atoms with E-state index in [1.165, 1.54) is 9.80 Å². The second kappa shape index (κ2) is 7.56. The van der Waals surface area contributed by atoms with Crippen molar-refractivity contribution in [1.29, 1.82) is 0 Å². The van der Waals surface area contributed by atoms with E-state index in [1.54, 1.807) is 6.07 Å². The van der Waals surface area contributed by atoms with Gasteiger partial charge in [0.2, 0.25) is 11.8 Å². The monoisotopic (exact) mass is 362 g/mol. The third-order valence-electron chi connectivity index (χ3n) is 5.28. The Kier molecular flexibility index (Phi) is 5.42. The van der Waals surface area contributed by atoms with Gasteiger partial charge >= 0.3 is 6.03 Å². The van der Waals surface area contributed by atoms with Crippen LogP contribution in [0.2, 0.25) is 5.02 Å². The number of carbonyl (C=O) groups is 3. The Balaban J connectivity index is 1.69. The summed E-state index contributed by atoms with van der Waals surface area (Å²) in [4.78, 5) is 39.9. The summed E-state index contributed by atoms with van der Waals surface area (Å²) in [6.07, 6.45) is 4.10. The van der Waals surface area contributed by atoms with E-state index in [0.29, 0.717) is 17.4 Å². The van der Waals surface area contributed by atoms with Crippen LogP contribution in [0.3, 0.4) is 0 Å². The fourth-order valence-corrected chi connectivity index (χ4v) is 4.03. The van der Waals surface area contributed by atoms with E-state index in [2.05, 4.69) is 6.92 Å². The minimum atomic E-state index is -0.454. The molecule has 1 saturated carbocycles. The molecule has 2 unspecified atom stereocenters. The van der Waals surface area contributed by atoms with E-state index in [-0.39, 0.29) is 24.9 Å². The summed E-state index contributed by atoms with van der Waals surface area (Å²) < 4.78 is 0. The highest BCUT2D eigenvalue weighted by Gasteiger charge is 2.43. The van der Waals surface area contributed by atoms with Crippen molar-refractivity contribution in [2.75, 3.05) is 6.54 Å². The topological polar surface area (TPSA) is 57.7 Å². The van der Waals surface area contributed by atoms with Gasteiger partial charge in [0.25, 0.3) is 0 Å². The van der Waals surface area contributed by atoms with Crippen molar-refractivity contribution in [2.24, 2.45) is 5.92 Å². The van der Waals surface area contributed by atoms with Gasteiger partial charge in [0, 0.05) is 17.6 Å². The molecule has 1 aliphatic heterocycles. The van der Waals surface area contributed by atoms with E-state index in [1.807, 2.05) is 18.2 Å². The molecule has 1 saturated heterocycles. The zero-order valence-electron chi connectivity index (χ0n) is 14.4. The lowest BCUT2D eigenvalue weighted by atomic mass is 10.0. The molecule has 0 radical (unpaired) electrons. The number of barbiturate groups is 1. The lowest BCUT2D eigenvalue weighted by Crippen LogP contribution is -2.58. The van der Waals surface area contributed by atoms with Gasteiger partial charge in [-0.3, -0.25) is 19.4 Å². The summed E-state index contributed by atoms with van der Waals surface area (Å²) in [6.45, 7) is 2.40. The smallest absolute Gasteiger partial charge is 0.274 e. The number of amides is 4. The quantitative estimate of drug-likeness (QED) is 0.751. The van der Waals surface area contributed by atoms with Gasteiger partial charge < -0.3 is 0 Å². The summed E-state index contributed by atoms with van der Waals surface area (Å²) in [6, 6.07) is 6.85. The SMILES string of the molecule is CCC1CCC(N2C(=O)CC(=O)N(CCc3cccc(Cl)c3)C2=O)C1. The second-order valence-corrected chi connectivity index (χ2v) is 7.33. The highest BCUT2D eigenvalue weighted by Crippen LogP contribution is 2.33. The number of rotatable bonds is 5. The maximum Gasteiger partial charge on any atom is 0.333 e. The summed E-state index contributed by atoms with van der Waals surface area (Å²) >= 11 is 5.98. The van der Waals surface area contributed by atoms with Crippen LogP contribution in [0.4, 0.5) is 4.79 Å². The Hall–Kier alpha value is -1.88. The van der Waals surface area contributed by atoms with Crippen LogP contribution in [-0.2, 0) is 16.0 Å². The molecule has 0 N–H and O–H groups in total. The molecule has 3 rings (SSSR count). The first kappa shape index (κ1) is 17.9. The molecule has 2 fully saturated rings. The summed E-state index contributed by atoms with van der Waals surface area (Å²) in [5, 5.41) is 0.627. The number of imide groups is 2. The first-order valence-electron chi connectivity index (χ1n) is 8.90. The first-order chi connectivity index (χ1) is 12.0. The fraction of sp³-hybridized carbons (Fsp3) is 0.526. The van der Waals surface area contributed by atoms with E-state index < -0.39 is 11.9 Å². The number of nitrogens with zero attached hydrogens (tertiary/aromatic N) is 2. The van der Waals surface area contributed by atoms with Crippen LogP contribution in [0.5, 0.6) is 0 Å². The van der Waals surface area contributed by atoms with Crippen LogP contribution in [0, 0.1) is 5.92 Å². The van der Waals surface area contributed by atoms with Crippen molar-refractivity contribution in [1.82, 2.24) is 9.80 Å². The normalized spacial score (nSPS) is 24.3. The Labute approximate surface area is 152 Å². The number of hydrogen-bond donors (Lipinski definition) is 0. The molecule has 5 nitrogen and oxygen atoms in total. The number of carbonyl (C=O) groups excluding carboxylic acids is 3. The molecule has 4 amide bonds. The molecule has 0 bridgehead atoms. The van der Waals surface area contributed by atoms with Gasteiger partial charge in [-0.1, -0.05) is 37.1 Å². The van der Waals surface area contributed by atoms with Crippen molar-refractivity contribution in [3.63, 3.8) is 0 Å². The minimum absolute atomic E-state index is 0.0632. The number of urea groups is 1. The lowest BCUT2D eigenvalue weighted by Gasteiger charge is -2.36. The predicted molar refractivity (Wildman–Crippen MR) is 95.1 cm³/mol. The Morgan fingerprint density at radius 1 is 1.16 bits per heavy atom. The van der Waals surface area contributed by atoms with Gasteiger partial charge in [0.05, 0.1) is 0 Å². The molecule has 0 spiro atoms. The molecule has 134 valence electrons. The zero-order valence-corrected chi connectivity index (χ0v) is 15.2. The Morgan fingerprint density at radius 3 is 2.64 bits per heavy atom. The molecule has 2 aliphatic rings. The largest absolute Gasteiger partial charge is 0.333 e. The van der Waals surface area contributed by atoms with Crippen LogP contribution < -0.4 is 0 Å². The molecule has 1 aromatic carbocycles. The highest BCUT2D eigenvalue weighted by molar-refractivity contribution is 6.30. The van der Waals surface area contributed by atoms with Crippen molar-refractivity contribution in [3.8, 4) is 0 Å². The molecular formula is C19H23ClN2O3. The average molecular weight is 363 g/mol. The van der Waals surface area contributed by atoms with E-state index in [0.717, 1.165) is 31.2 Å². The fourth-order valence-electron chi connectivity index (χ4n) is 3.82. The van der Waals surface area contributed by atoms with Crippen LogP contribution >= 0.6 is 11.6 Å². The molecule has 1 aromatic rings. The van der Waals surface area contributed by atoms with Crippen molar-refractivity contribution in [3.05, 3.63) is 34.9 Å². The van der Waals surface area contributed by atoms with Gasteiger partial charge in [0.1, 0.15) is 6.42 Å². The van der Waals surface area contributed by atoms with Crippen LogP contribution in [0.15, 0.2) is 24.3 Å². The summed E-state index contributed by atoms with van der Waals surface area (Å²) in [5.41, 5.74) is 0.962. The average Bonchev–Trinajstić information content (AvgIpc) is 3.03. The number of hydrogen-bond acceptors (Lipinski definition) is 3. The summed E-state index contributed by atoms with van der Waals surface area (Å²) in [5.74, 6) is -0.197. The van der Waals surface area contributed by atoms with Crippen LogP contribution in [-0.4, -0.2) is 40.2 Å². The maximum atomic E-state index is 12.8. The summed E-state index contributed by atoms with van der Waals surface area (Å²) in [7, 11) is 0. The van der Waals surface area contributed by atoms with Crippen molar-refractivity contribution >= 4 is 29.4 Å². The van der Waals surface area contributed by atoms with Crippen molar-refractivity contribution in [2.45, 2.75) is 51.5 Å². The van der Waals surface area contributed by atoms with E-state index >= 15 is 0 Å². The maximum absolute atomic E-state index is 12.8. The molecule has 6 heteroatoms. The third kappa shape index (κ3) is 3.87. The van der Waals surface area contributed by atoms with Crippen LogP contribution in [0.1, 0.15) is 44.6 Å². The van der Waals surface area contributed by atoms with Gasteiger partial charge in [-0.15, -0.1) is 0 Å². The van der Waals surface area contributed by atoms with Crippen LogP contribution in [0.25, 0.3) is 0 Å². The van der Waals surface area contributed by atoms with Gasteiger partial charge in [-0.2, -0.15) is 0 Å². The zero-order chi connectivity index (χ0) is 18.0. The molecule has 0 aromatic heterocycles. The molecule has 1 heterocycles. The Bertz CT molecular complexity index is 691. The minimum Gasteiger partial charge on any atom is -0.274 e.